The van der Waals surface area contributed by atoms with Crippen LogP contribution < -0.4 is 14.2 Å². The topological polar surface area (TPSA) is 27.7 Å². The second kappa shape index (κ2) is 14.6. The van der Waals surface area contributed by atoms with Crippen LogP contribution in [0.1, 0.15) is 70.8 Å². The van der Waals surface area contributed by atoms with Gasteiger partial charge in [-0.3, -0.25) is 0 Å². The smallest absolute Gasteiger partial charge is 0.201 e. The van der Waals surface area contributed by atoms with Crippen molar-refractivity contribution in [3.63, 3.8) is 0 Å². The molecule has 3 nitrogen and oxygen atoms in total. The highest BCUT2D eigenvalue weighted by atomic mass is 19.2. The molecule has 0 bridgehead atoms. The van der Waals surface area contributed by atoms with E-state index in [2.05, 4.69) is 0 Å². The van der Waals surface area contributed by atoms with Crippen LogP contribution in [0.2, 0.25) is 0 Å². The Kier molecular flexibility index (Phi) is 10.7. The highest BCUT2D eigenvalue weighted by Crippen LogP contribution is 2.42. The van der Waals surface area contributed by atoms with Gasteiger partial charge in [-0.05, 0) is 118 Å². The van der Waals surface area contributed by atoms with Crippen molar-refractivity contribution in [2.24, 2.45) is 17.8 Å². The number of hydrogen-bond acceptors (Lipinski definition) is 3. The Morgan fingerprint density at radius 1 is 0.578 bits per heavy atom. The molecule has 0 spiro atoms. The van der Waals surface area contributed by atoms with Crippen LogP contribution in [-0.4, -0.2) is 19.8 Å². The molecule has 0 saturated heterocycles. The maximum atomic E-state index is 15.0. The van der Waals surface area contributed by atoms with Crippen molar-refractivity contribution in [2.45, 2.75) is 65.2 Å². The van der Waals surface area contributed by atoms with E-state index in [-0.39, 0.29) is 43.0 Å². The third-order valence-electron chi connectivity index (χ3n) is 9.02. The summed E-state index contributed by atoms with van der Waals surface area (Å²) in [5, 5.41) is 0. The van der Waals surface area contributed by atoms with Crippen LogP contribution in [0.25, 0.3) is 16.7 Å². The van der Waals surface area contributed by atoms with Crippen molar-refractivity contribution in [3.8, 4) is 28.4 Å². The van der Waals surface area contributed by atoms with Crippen LogP contribution in [-0.2, 0) is 0 Å². The summed E-state index contributed by atoms with van der Waals surface area (Å²) < 4.78 is 104. The number of benzene rings is 3. The minimum atomic E-state index is -1.31. The predicted molar refractivity (Wildman–Crippen MR) is 161 cm³/mol. The first-order valence-electron chi connectivity index (χ1n) is 15.8. The molecule has 1 fully saturated rings. The highest BCUT2D eigenvalue weighted by molar-refractivity contribution is 5.68. The normalized spacial score (nSPS) is 20.1. The van der Waals surface area contributed by atoms with E-state index in [1.54, 1.807) is 13.0 Å². The molecule has 2 aliphatic carbocycles. The van der Waals surface area contributed by atoms with E-state index in [9.17, 15) is 26.3 Å². The predicted octanol–water partition coefficient (Wildman–Crippen LogP) is 10.4. The molecule has 2 aliphatic rings. The molecule has 9 heteroatoms. The fourth-order valence-corrected chi connectivity index (χ4v) is 6.52. The average Bonchev–Trinajstić information content (AvgIpc) is 3.05. The van der Waals surface area contributed by atoms with Gasteiger partial charge in [-0.15, -0.1) is 0 Å². The van der Waals surface area contributed by atoms with Crippen LogP contribution in [0.5, 0.6) is 17.2 Å². The van der Waals surface area contributed by atoms with E-state index in [0.29, 0.717) is 30.2 Å². The second-order valence-electron chi connectivity index (χ2n) is 11.9. The van der Waals surface area contributed by atoms with E-state index < -0.39 is 46.0 Å². The fraction of sp³-hybridized carbons (Fsp3) is 0.444. The number of ether oxygens (including phenoxy) is 3. The first-order chi connectivity index (χ1) is 21.7. The summed E-state index contributed by atoms with van der Waals surface area (Å²) in [6.07, 6.45) is 8.66. The summed E-state index contributed by atoms with van der Waals surface area (Å²) >= 11 is 0. The molecule has 0 radical (unpaired) electrons. The highest BCUT2D eigenvalue weighted by Gasteiger charge is 2.30. The standard InChI is InChI=1S/C36H38F6O3/c1-3-19-44-29-17-14-26(32(38)35(29)41)27-15-18-30(36(42)33(27)39)45-20-21-5-7-22(8-6-21)23-9-11-24(12-10-23)25-13-16-28(43-4-2)34(40)31(25)37/h11,13-18,21-23H,3-10,12,19-20H2,1-2H3. The van der Waals surface area contributed by atoms with Gasteiger partial charge in [0.05, 0.1) is 19.8 Å². The van der Waals surface area contributed by atoms with Crippen LogP contribution in [0.4, 0.5) is 26.3 Å². The number of rotatable bonds is 11. The molecule has 0 aliphatic heterocycles. The van der Waals surface area contributed by atoms with E-state index in [0.717, 1.165) is 44.1 Å². The Bertz CT molecular complexity index is 1530. The summed E-state index contributed by atoms with van der Waals surface area (Å²) in [4.78, 5) is 0. The number of hydrogen-bond donors (Lipinski definition) is 0. The van der Waals surface area contributed by atoms with E-state index >= 15 is 0 Å². The largest absolute Gasteiger partial charge is 0.491 e. The molecule has 3 aromatic carbocycles. The molecule has 242 valence electrons. The molecule has 1 atom stereocenters. The Labute approximate surface area is 260 Å². The number of allylic oxidation sites excluding steroid dienone is 2. The second-order valence-corrected chi connectivity index (χ2v) is 11.9. The van der Waals surface area contributed by atoms with Gasteiger partial charge in [0, 0.05) is 16.7 Å². The third-order valence-corrected chi connectivity index (χ3v) is 9.02. The Hall–Kier alpha value is -3.62. The summed E-state index contributed by atoms with van der Waals surface area (Å²) in [5.41, 5.74) is 0.302. The minimum Gasteiger partial charge on any atom is -0.491 e. The van der Waals surface area contributed by atoms with Crippen molar-refractivity contribution in [1.29, 1.82) is 0 Å². The van der Waals surface area contributed by atoms with Gasteiger partial charge < -0.3 is 14.2 Å². The molecule has 3 aromatic rings. The van der Waals surface area contributed by atoms with Crippen molar-refractivity contribution in [2.75, 3.05) is 19.8 Å². The zero-order valence-corrected chi connectivity index (χ0v) is 25.5. The van der Waals surface area contributed by atoms with Crippen molar-refractivity contribution in [3.05, 3.63) is 82.9 Å². The summed E-state index contributed by atoms with van der Waals surface area (Å²) in [6.45, 7) is 4.21. The molecule has 0 N–H and O–H groups in total. The van der Waals surface area contributed by atoms with Gasteiger partial charge in [0.1, 0.15) is 0 Å². The zero-order valence-electron chi connectivity index (χ0n) is 25.5. The molecular weight excluding hydrogens is 594 g/mol. The van der Waals surface area contributed by atoms with E-state index in [1.165, 1.54) is 30.3 Å². The van der Waals surface area contributed by atoms with Gasteiger partial charge in [-0.2, -0.15) is 13.2 Å². The summed E-state index contributed by atoms with van der Waals surface area (Å²) in [7, 11) is 0. The lowest BCUT2D eigenvalue weighted by molar-refractivity contribution is 0.146. The SMILES string of the molecule is CCCOc1ccc(-c2ccc(OCC3CCC(C4CC=C(c5ccc(OCC)c(F)c5F)CC4)CC3)c(F)c2F)c(F)c1F. The quantitative estimate of drug-likeness (QED) is 0.197. The fourth-order valence-electron chi connectivity index (χ4n) is 6.52. The van der Waals surface area contributed by atoms with Gasteiger partial charge in [0.2, 0.25) is 17.5 Å². The van der Waals surface area contributed by atoms with Gasteiger partial charge in [-0.25, -0.2) is 13.2 Å². The molecule has 45 heavy (non-hydrogen) atoms. The molecular formula is C36H38F6O3. The van der Waals surface area contributed by atoms with E-state index in [4.69, 9.17) is 14.2 Å². The molecule has 5 rings (SSSR count). The maximum absolute atomic E-state index is 15.0. The van der Waals surface area contributed by atoms with Crippen molar-refractivity contribution in [1.82, 2.24) is 0 Å². The van der Waals surface area contributed by atoms with Crippen LogP contribution in [0.15, 0.2) is 42.5 Å². The molecule has 0 amide bonds. The Morgan fingerprint density at radius 2 is 1.11 bits per heavy atom. The third kappa shape index (κ3) is 7.12. The lowest BCUT2D eigenvalue weighted by Gasteiger charge is -2.35. The van der Waals surface area contributed by atoms with Gasteiger partial charge in [0.25, 0.3) is 0 Å². The minimum absolute atomic E-state index is 0.0787. The van der Waals surface area contributed by atoms with Crippen molar-refractivity contribution < 1.29 is 40.6 Å². The van der Waals surface area contributed by atoms with Crippen LogP contribution >= 0.6 is 0 Å². The average molecular weight is 633 g/mol. The summed E-state index contributed by atoms with van der Waals surface area (Å²) in [6, 6.07) is 7.86. The molecule has 0 heterocycles. The Morgan fingerprint density at radius 3 is 1.64 bits per heavy atom. The molecule has 0 aromatic heterocycles. The first-order valence-corrected chi connectivity index (χ1v) is 15.8. The van der Waals surface area contributed by atoms with Gasteiger partial charge in [0.15, 0.2) is 34.7 Å². The lowest BCUT2D eigenvalue weighted by atomic mass is 9.71. The number of halogens is 6. The molecule has 1 saturated carbocycles. The van der Waals surface area contributed by atoms with Crippen molar-refractivity contribution >= 4 is 5.57 Å². The van der Waals surface area contributed by atoms with Gasteiger partial charge in [-0.1, -0.05) is 13.0 Å². The van der Waals surface area contributed by atoms with E-state index in [1.807, 2.05) is 13.0 Å². The Balaban J connectivity index is 1.14. The zero-order chi connectivity index (χ0) is 32.1. The maximum Gasteiger partial charge on any atom is 0.201 e. The lowest BCUT2D eigenvalue weighted by Crippen LogP contribution is -2.26. The summed E-state index contributed by atoms with van der Waals surface area (Å²) in [5.74, 6) is -6.48. The monoisotopic (exact) mass is 632 g/mol. The van der Waals surface area contributed by atoms with Crippen LogP contribution in [0, 0.1) is 52.7 Å². The van der Waals surface area contributed by atoms with Gasteiger partial charge >= 0.3 is 0 Å². The van der Waals surface area contributed by atoms with Crippen LogP contribution in [0.3, 0.4) is 0 Å². The molecule has 1 unspecified atom stereocenters. The first kappa shape index (κ1) is 32.8.